The first kappa shape index (κ1) is 10.7. The molecule has 0 fully saturated rings. The molecule has 0 unspecified atom stereocenters. The maximum absolute atomic E-state index is 4.61. The van der Waals surface area contributed by atoms with E-state index in [9.17, 15) is 0 Å². The number of rotatable bonds is 0. The minimum absolute atomic E-state index is 0. The van der Waals surface area contributed by atoms with Crippen molar-refractivity contribution in [1.29, 1.82) is 0 Å². The van der Waals surface area contributed by atoms with Crippen LogP contribution in [0.5, 0.6) is 0 Å². The molecule has 0 rings (SSSR count). The van der Waals surface area contributed by atoms with E-state index in [1.807, 2.05) is 14.1 Å². The maximum Gasteiger partial charge on any atom is 2.00 e. The second kappa shape index (κ2) is 4.91. The smallest absolute Gasteiger partial charge is 0.364 e. The number of thiocarbonyl (C=S) groups is 1. The van der Waals surface area contributed by atoms with Crippen molar-refractivity contribution in [2.45, 2.75) is 0 Å². The van der Waals surface area contributed by atoms with Gasteiger partial charge in [0.25, 0.3) is 0 Å². The molecule has 0 saturated heterocycles. The number of hydrogen-bond acceptors (Lipinski definition) is 1. The third-order valence-corrected chi connectivity index (χ3v) is 1.15. The Kier molecular flexibility index (Phi) is 7.49. The van der Waals surface area contributed by atoms with Gasteiger partial charge in [-0.15, -0.1) is 12.6 Å². The summed E-state index contributed by atoms with van der Waals surface area (Å²) in [6.07, 6.45) is 0. The van der Waals surface area contributed by atoms with E-state index in [1.54, 1.807) is 4.90 Å². The molecule has 0 heterocycles. The predicted octanol–water partition coefficient (Wildman–Crippen LogP) is 0.760. The van der Waals surface area contributed by atoms with Crippen molar-refractivity contribution in [2.24, 2.45) is 0 Å². The first-order chi connectivity index (χ1) is 2.64. The molecule has 42 valence electrons. The Bertz CT molecular complexity index is 64.0. The molecule has 1 nitrogen and oxygen atoms in total. The zero-order valence-corrected chi connectivity index (χ0v) is 6.97. The first-order valence-corrected chi connectivity index (χ1v) is 2.40. The number of hydrogen-bond donors (Lipinski definition) is 1. The first-order valence-electron chi connectivity index (χ1n) is 1.55. The summed E-state index contributed by atoms with van der Waals surface area (Å²) in [5.74, 6) is 0. The van der Waals surface area contributed by atoms with E-state index in [-0.39, 0.29) is 17.1 Å². The van der Waals surface area contributed by atoms with Crippen LogP contribution in [0, 0.1) is 0 Å². The summed E-state index contributed by atoms with van der Waals surface area (Å²) in [5.41, 5.74) is 0. The van der Waals surface area contributed by atoms with Gasteiger partial charge in [0.2, 0.25) is 0 Å². The van der Waals surface area contributed by atoms with Crippen molar-refractivity contribution in [3.05, 3.63) is 0 Å². The molecule has 0 saturated carbocycles. The molecular formula is C3H7FeNS2+2. The van der Waals surface area contributed by atoms with E-state index in [1.165, 1.54) is 0 Å². The van der Waals surface area contributed by atoms with Crippen LogP contribution in [0.1, 0.15) is 0 Å². The zero-order valence-electron chi connectivity index (χ0n) is 4.16. The van der Waals surface area contributed by atoms with Gasteiger partial charge in [-0.2, -0.15) is 0 Å². The molecule has 4 heteroatoms. The summed E-state index contributed by atoms with van der Waals surface area (Å²) in [4.78, 5) is 1.76. The molecule has 0 radical (unpaired) electrons. The van der Waals surface area contributed by atoms with Gasteiger partial charge in [-0.1, -0.05) is 12.2 Å². The van der Waals surface area contributed by atoms with E-state index >= 15 is 0 Å². The Morgan fingerprint density at radius 3 is 1.71 bits per heavy atom. The van der Waals surface area contributed by atoms with E-state index < -0.39 is 0 Å². The third kappa shape index (κ3) is 6.76. The number of thiol groups is 1. The Morgan fingerprint density at radius 1 is 1.57 bits per heavy atom. The van der Waals surface area contributed by atoms with Crippen LogP contribution in [-0.4, -0.2) is 23.3 Å². The predicted molar refractivity (Wildman–Crippen MR) is 35.3 cm³/mol. The summed E-state index contributed by atoms with van der Waals surface area (Å²) < 4.78 is 0.620. The van der Waals surface area contributed by atoms with Gasteiger partial charge >= 0.3 is 17.1 Å². The van der Waals surface area contributed by atoms with Crippen LogP contribution in [0.15, 0.2) is 0 Å². The molecule has 0 amide bonds. The van der Waals surface area contributed by atoms with Gasteiger partial charge in [0, 0.05) is 14.1 Å². The van der Waals surface area contributed by atoms with Gasteiger partial charge in [-0.25, -0.2) is 0 Å². The van der Waals surface area contributed by atoms with Crippen LogP contribution in [0.4, 0.5) is 0 Å². The van der Waals surface area contributed by atoms with Crippen LogP contribution in [-0.2, 0) is 17.1 Å². The monoisotopic (exact) mass is 177 g/mol. The molecule has 0 aromatic rings. The summed E-state index contributed by atoms with van der Waals surface area (Å²) in [6, 6.07) is 0. The van der Waals surface area contributed by atoms with Crippen molar-refractivity contribution in [3.8, 4) is 0 Å². The van der Waals surface area contributed by atoms with Crippen molar-refractivity contribution in [3.63, 3.8) is 0 Å². The van der Waals surface area contributed by atoms with Crippen LogP contribution in [0.25, 0.3) is 0 Å². The molecule has 0 aromatic carbocycles. The molecule has 0 bridgehead atoms. The normalized spacial score (nSPS) is 6.71. The van der Waals surface area contributed by atoms with Crippen molar-refractivity contribution < 1.29 is 17.1 Å². The van der Waals surface area contributed by atoms with Crippen LogP contribution >= 0.6 is 24.8 Å². The Hall–Kier alpha value is 0.759. The Morgan fingerprint density at radius 2 is 1.71 bits per heavy atom. The van der Waals surface area contributed by atoms with E-state index in [0.29, 0.717) is 4.32 Å². The second-order valence-corrected chi connectivity index (χ2v) is 2.29. The largest absolute Gasteiger partial charge is 2.00 e. The minimum atomic E-state index is 0. The molecule has 0 aliphatic carbocycles. The van der Waals surface area contributed by atoms with Crippen molar-refractivity contribution in [2.75, 3.05) is 14.1 Å². The second-order valence-electron chi connectivity index (χ2n) is 1.18. The Balaban J connectivity index is 0. The molecule has 7 heavy (non-hydrogen) atoms. The van der Waals surface area contributed by atoms with Gasteiger partial charge in [0.1, 0.15) is 4.32 Å². The van der Waals surface area contributed by atoms with E-state index in [0.717, 1.165) is 0 Å². The maximum atomic E-state index is 4.61. The average Bonchev–Trinajstić information content (AvgIpc) is 1.36. The van der Waals surface area contributed by atoms with Crippen molar-refractivity contribution in [1.82, 2.24) is 4.90 Å². The van der Waals surface area contributed by atoms with E-state index in [2.05, 4.69) is 24.8 Å². The van der Waals surface area contributed by atoms with Gasteiger partial charge in [-0.3, -0.25) is 0 Å². The number of nitrogens with zero attached hydrogens (tertiary/aromatic N) is 1. The standard InChI is InChI=1S/C3H7NS2.Fe/c1-4(2)3(5)6;/h1-2H3,(H,5,6);/q;+2. The molecule has 0 atom stereocenters. The minimum Gasteiger partial charge on any atom is -0.364 e. The molecular weight excluding hydrogens is 170 g/mol. The topological polar surface area (TPSA) is 3.24 Å². The molecule has 0 N–H and O–H groups in total. The third-order valence-electron chi connectivity index (χ3n) is 0.383. The van der Waals surface area contributed by atoms with Gasteiger partial charge in [0.05, 0.1) is 0 Å². The van der Waals surface area contributed by atoms with Gasteiger partial charge < -0.3 is 4.90 Å². The fourth-order valence-corrected chi connectivity index (χ4v) is 0. The zero-order chi connectivity index (χ0) is 5.15. The summed E-state index contributed by atoms with van der Waals surface area (Å²) in [6.45, 7) is 0. The Labute approximate surface area is 65.3 Å². The summed E-state index contributed by atoms with van der Waals surface area (Å²) in [5, 5.41) is 0. The van der Waals surface area contributed by atoms with Crippen molar-refractivity contribution >= 4 is 29.2 Å². The SMILES string of the molecule is CN(C)C(=S)S.[Fe+2]. The molecule has 0 aliphatic rings. The molecule has 0 aliphatic heterocycles. The average molecular weight is 177 g/mol. The van der Waals surface area contributed by atoms with E-state index in [4.69, 9.17) is 0 Å². The van der Waals surface area contributed by atoms with Gasteiger partial charge in [0.15, 0.2) is 0 Å². The van der Waals surface area contributed by atoms with Crippen LogP contribution in [0.2, 0.25) is 0 Å². The van der Waals surface area contributed by atoms with Crippen LogP contribution < -0.4 is 0 Å². The fraction of sp³-hybridized carbons (Fsp3) is 0.667. The van der Waals surface area contributed by atoms with Gasteiger partial charge in [-0.05, 0) is 0 Å². The summed E-state index contributed by atoms with van der Waals surface area (Å²) in [7, 11) is 3.71. The quantitative estimate of drug-likeness (QED) is 0.330. The molecule has 0 aromatic heterocycles. The summed E-state index contributed by atoms with van der Waals surface area (Å²) >= 11 is 8.46. The molecule has 0 spiro atoms. The fourth-order valence-electron chi connectivity index (χ4n) is 0. The van der Waals surface area contributed by atoms with Crippen LogP contribution in [0.3, 0.4) is 0 Å².